The fourth-order valence-corrected chi connectivity index (χ4v) is 7.68. The van der Waals surface area contributed by atoms with Crippen LogP contribution in [0.15, 0.2) is 0 Å². The molecule has 5 aliphatic heterocycles. The maximum absolute atomic E-state index is 13.8. The predicted octanol–water partition coefficient (Wildman–Crippen LogP) is -9.68. The van der Waals surface area contributed by atoms with Crippen molar-refractivity contribution in [2.24, 2.45) is 5.73 Å². The summed E-state index contributed by atoms with van der Waals surface area (Å²) in [4.78, 5) is 54.2. The zero-order valence-electron chi connectivity index (χ0n) is 32.2. The summed E-state index contributed by atoms with van der Waals surface area (Å²) in [6, 6.07) is -5.31. The van der Waals surface area contributed by atoms with Crippen molar-refractivity contribution in [3.63, 3.8) is 0 Å². The topological polar surface area (TPSA) is 411 Å². The van der Waals surface area contributed by atoms with Crippen LogP contribution >= 0.6 is 0 Å². The minimum absolute atomic E-state index is 0.00991. The van der Waals surface area contributed by atoms with Crippen LogP contribution in [-0.2, 0) is 47.6 Å². The quantitative estimate of drug-likeness (QED) is 0.0685. The molecule has 5 heterocycles. The number of nitrogens with zero attached hydrogens (tertiary/aromatic N) is 2. The van der Waals surface area contributed by atoms with E-state index in [1.54, 1.807) is 0 Å². The van der Waals surface area contributed by atoms with E-state index in [4.69, 9.17) is 34.2 Å². The van der Waals surface area contributed by atoms with Crippen LogP contribution in [-0.4, -0.2) is 257 Å². The van der Waals surface area contributed by atoms with Gasteiger partial charge in [-0.15, -0.1) is 0 Å². The first kappa shape index (κ1) is 48.2. The van der Waals surface area contributed by atoms with Gasteiger partial charge < -0.3 is 111 Å². The van der Waals surface area contributed by atoms with Crippen LogP contribution in [0.25, 0.3) is 0 Å². The molecule has 0 aromatic rings. The molecule has 0 aromatic carbocycles. The Labute approximate surface area is 341 Å². The van der Waals surface area contributed by atoms with Crippen molar-refractivity contribution in [2.75, 3.05) is 46.1 Å². The van der Waals surface area contributed by atoms with Crippen LogP contribution in [0.2, 0.25) is 0 Å². The molecule has 60 heavy (non-hydrogen) atoms. The minimum atomic E-state index is -1.99. The summed E-state index contributed by atoms with van der Waals surface area (Å²) in [5, 5.41) is 125. The van der Waals surface area contributed by atoms with E-state index in [1.165, 1.54) is 0 Å². The maximum Gasteiger partial charge on any atom is 0.326 e. The van der Waals surface area contributed by atoms with Gasteiger partial charge in [-0.1, -0.05) is 0 Å². The highest BCUT2D eigenvalue weighted by molar-refractivity contribution is 5.94. The number of carbonyl (C=O) groups is 4. The molecule has 0 aliphatic carbocycles. The smallest absolute Gasteiger partial charge is 0.326 e. The van der Waals surface area contributed by atoms with Gasteiger partial charge in [-0.2, -0.15) is 0 Å². The number of amides is 3. The molecule has 0 saturated carbocycles. The SMILES string of the molecule is N[C@@H](CO)C(=O)N1CCC[C@H]1C(=O)N[C@@H](CO[C@H]1O[C@H](CO[C@H]2O[C@H](CO[C@@H]3O[C@H](CO)[C@@H](O)[C@H](O)[C@H]3O)[C@@H](O)[C@H](O)[C@@H]2O)[C@@H](O)[C@H](O)[C@@H]1O)C(=O)N1CCC[C@H]1C(=O)O. The van der Waals surface area contributed by atoms with Gasteiger partial charge in [-0.3, -0.25) is 14.4 Å². The first-order valence-electron chi connectivity index (χ1n) is 19.5. The fraction of sp³-hybridized carbons (Fsp3) is 0.882. The molecule has 344 valence electrons. The van der Waals surface area contributed by atoms with Crippen LogP contribution in [0.3, 0.4) is 0 Å². The highest BCUT2D eigenvalue weighted by Gasteiger charge is 2.50. The molecule has 0 radical (unpaired) electrons. The number of aliphatic carboxylic acids is 1. The van der Waals surface area contributed by atoms with Crippen LogP contribution in [0.1, 0.15) is 25.7 Å². The Kier molecular flexibility index (Phi) is 16.9. The third kappa shape index (κ3) is 10.5. The normalized spacial score (nSPS) is 40.9. The maximum atomic E-state index is 13.8. The number of likely N-dealkylation sites (tertiary alicyclic amines) is 2. The van der Waals surface area contributed by atoms with Crippen molar-refractivity contribution < 1.29 is 109 Å². The largest absolute Gasteiger partial charge is 0.480 e. The fourth-order valence-electron chi connectivity index (χ4n) is 7.68. The van der Waals surface area contributed by atoms with Gasteiger partial charge in [-0.05, 0) is 25.7 Å². The molecule has 15 N–H and O–H groups in total. The van der Waals surface area contributed by atoms with E-state index in [-0.39, 0.29) is 25.9 Å². The van der Waals surface area contributed by atoms with E-state index in [1.807, 2.05) is 0 Å². The first-order chi connectivity index (χ1) is 28.4. The minimum Gasteiger partial charge on any atom is -0.480 e. The standard InChI is InChI=1S/C34H56N4O22/c35-12(7-39)29(51)37-5-1-3-14(37)28(50)36-13(30(52)38-6-2-4-15(38)31(53)54)9-55-32-26(48)23(45)20(42)17(59-32)11-57-34-27(49)24(46)21(43)18(60-34)10-56-33-25(47)22(44)19(41)16(8-40)58-33/h12-27,32-34,39-49H,1-11,35H2,(H,36,50)(H,53,54)/t12-,13-,14-,15-,16+,17+,18+,19+,20+,21+,22-,23-,24-,25+,26-,27-,32-,33+,34-/m0/s1. The number of rotatable bonds is 16. The Balaban J connectivity index is 1.24. The Bertz CT molecular complexity index is 1470. The number of carboxylic acids is 1. The Hall–Kier alpha value is -2.84. The van der Waals surface area contributed by atoms with E-state index in [0.717, 1.165) is 9.80 Å². The van der Waals surface area contributed by atoms with Crippen LogP contribution in [0.5, 0.6) is 0 Å². The average molecular weight is 873 g/mol. The molecule has 19 atom stereocenters. The number of nitrogens with two attached hydrogens (primary N) is 1. The zero-order chi connectivity index (χ0) is 44.2. The molecule has 0 aromatic heterocycles. The van der Waals surface area contributed by atoms with Crippen molar-refractivity contribution in [3.05, 3.63) is 0 Å². The lowest BCUT2D eigenvalue weighted by Gasteiger charge is -2.44. The van der Waals surface area contributed by atoms with E-state index in [0.29, 0.717) is 12.8 Å². The van der Waals surface area contributed by atoms with Crippen molar-refractivity contribution in [3.8, 4) is 0 Å². The monoisotopic (exact) mass is 872 g/mol. The van der Waals surface area contributed by atoms with E-state index >= 15 is 0 Å². The van der Waals surface area contributed by atoms with Gasteiger partial charge in [0.25, 0.3) is 0 Å². The molecule has 5 saturated heterocycles. The number of nitrogens with one attached hydrogen (secondary N) is 1. The summed E-state index contributed by atoms with van der Waals surface area (Å²) in [7, 11) is 0. The summed E-state index contributed by atoms with van der Waals surface area (Å²) in [5.74, 6) is -3.74. The van der Waals surface area contributed by atoms with E-state index in [2.05, 4.69) is 5.32 Å². The predicted molar refractivity (Wildman–Crippen MR) is 189 cm³/mol. The molecule has 3 amide bonds. The molecule has 26 nitrogen and oxygen atoms in total. The van der Waals surface area contributed by atoms with Gasteiger partial charge in [0, 0.05) is 13.1 Å². The van der Waals surface area contributed by atoms with Crippen molar-refractivity contribution in [1.82, 2.24) is 15.1 Å². The summed E-state index contributed by atoms with van der Waals surface area (Å²) in [6.07, 6.45) is -25.6. The van der Waals surface area contributed by atoms with Gasteiger partial charge in [0.1, 0.15) is 97.4 Å². The summed E-state index contributed by atoms with van der Waals surface area (Å²) in [6.45, 7) is -3.55. The van der Waals surface area contributed by atoms with Crippen molar-refractivity contribution in [1.29, 1.82) is 0 Å². The molecule has 5 fully saturated rings. The highest BCUT2D eigenvalue weighted by Crippen LogP contribution is 2.29. The van der Waals surface area contributed by atoms with Gasteiger partial charge in [0.15, 0.2) is 18.9 Å². The summed E-state index contributed by atoms with van der Waals surface area (Å²) < 4.78 is 33.1. The number of ether oxygens (including phenoxy) is 6. The number of aliphatic hydroxyl groups is 11. The lowest BCUT2D eigenvalue weighted by Crippen LogP contribution is -2.63. The van der Waals surface area contributed by atoms with Crippen LogP contribution < -0.4 is 11.1 Å². The number of carbonyl (C=O) groups excluding carboxylic acids is 3. The van der Waals surface area contributed by atoms with Crippen LogP contribution in [0, 0.1) is 0 Å². The lowest BCUT2D eigenvalue weighted by molar-refractivity contribution is -0.342. The second kappa shape index (κ2) is 21.0. The first-order valence-corrected chi connectivity index (χ1v) is 19.5. The van der Waals surface area contributed by atoms with Crippen LogP contribution in [0.4, 0.5) is 0 Å². The number of carboxylic acid groups (broad SMARTS) is 1. The Morgan fingerprint density at radius 3 is 1.52 bits per heavy atom. The van der Waals surface area contributed by atoms with Crippen molar-refractivity contribution >= 4 is 23.7 Å². The Morgan fingerprint density at radius 1 is 0.617 bits per heavy atom. The molecule has 0 bridgehead atoms. The molecular formula is C34H56N4O22. The van der Waals surface area contributed by atoms with Crippen molar-refractivity contribution in [2.45, 2.75) is 142 Å². The van der Waals surface area contributed by atoms with Gasteiger partial charge in [-0.25, -0.2) is 4.79 Å². The third-order valence-corrected chi connectivity index (χ3v) is 11.3. The van der Waals surface area contributed by atoms with E-state index in [9.17, 15) is 80.5 Å². The summed E-state index contributed by atoms with van der Waals surface area (Å²) in [5.41, 5.74) is 5.68. The molecular weight excluding hydrogens is 816 g/mol. The molecule has 0 unspecified atom stereocenters. The number of aliphatic hydroxyl groups excluding tert-OH is 11. The average Bonchev–Trinajstić information content (AvgIpc) is 3.94. The van der Waals surface area contributed by atoms with Gasteiger partial charge >= 0.3 is 5.97 Å². The lowest BCUT2D eigenvalue weighted by atomic mass is 9.98. The number of hydrogen-bond donors (Lipinski definition) is 14. The highest BCUT2D eigenvalue weighted by atomic mass is 16.7. The molecule has 5 aliphatic rings. The molecule has 0 spiro atoms. The molecule has 5 rings (SSSR count). The number of hydrogen-bond acceptors (Lipinski definition) is 22. The third-order valence-electron chi connectivity index (χ3n) is 11.3. The second-order valence-corrected chi connectivity index (χ2v) is 15.3. The Morgan fingerprint density at radius 2 is 1.05 bits per heavy atom. The second-order valence-electron chi connectivity index (χ2n) is 15.3. The zero-order valence-corrected chi connectivity index (χ0v) is 32.2. The van der Waals surface area contributed by atoms with Gasteiger partial charge in [0.2, 0.25) is 17.7 Å². The van der Waals surface area contributed by atoms with Gasteiger partial charge in [0.05, 0.1) is 33.0 Å². The molecule has 26 heteroatoms. The summed E-state index contributed by atoms with van der Waals surface area (Å²) >= 11 is 0. The van der Waals surface area contributed by atoms with E-state index < -0.39 is 173 Å².